The molecule has 0 radical (unpaired) electrons. The van der Waals surface area contributed by atoms with E-state index in [0.717, 1.165) is 10.9 Å². The van der Waals surface area contributed by atoms with Gasteiger partial charge in [0.05, 0.1) is 35.6 Å². The number of fused-ring (bicyclic) bond motifs is 1. The second-order valence-electron chi connectivity index (χ2n) is 6.02. The Bertz CT molecular complexity index is 1230. The predicted octanol–water partition coefficient (Wildman–Crippen LogP) is 4.26. The number of rotatable bonds is 5. The molecule has 0 fully saturated rings. The van der Waals surface area contributed by atoms with Crippen molar-refractivity contribution in [3.63, 3.8) is 0 Å². The largest absolute Gasteiger partial charge is 0.497 e. The monoisotopic (exact) mass is 390 g/mol. The van der Waals surface area contributed by atoms with E-state index < -0.39 is 10.9 Å². The van der Waals surface area contributed by atoms with Crippen LogP contribution in [0.4, 0.5) is 11.4 Å². The summed E-state index contributed by atoms with van der Waals surface area (Å²) in [5.41, 5.74) is 1.92. The standard InChI is InChI=1S/C20H14N4O5/c1-28-16-7-4-13-8-14(10-22-17(13)9-16)21-11-18-20(25)29-19(23-18)12-2-5-15(6-3-12)24(26)27/h2-11,25H,1H3. The Morgan fingerprint density at radius 1 is 1.21 bits per heavy atom. The van der Waals surface area contributed by atoms with Crippen LogP contribution in [-0.2, 0) is 0 Å². The van der Waals surface area contributed by atoms with Gasteiger partial charge < -0.3 is 14.3 Å². The number of oxazole rings is 1. The van der Waals surface area contributed by atoms with E-state index >= 15 is 0 Å². The molecule has 9 heteroatoms. The van der Waals surface area contributed by atoms with Crippen LogP contribution >= 0.6 is 0 Å². The zero-order chi connectivity index (χ0) is 20.4. The van der Waals surface area contributed by atoms with Crippen molar-refractivity contribution >= 4 is 28.5 Å². The van der Waals surface area contributed by atoms with Crippen molar-refractivity contribution in [3.8, 4) is 23.1 Å². The number of ether oxygens (including phenoxy) is 1. The minimum Gasteiger partial charge on any atom is -0.497 e. The smallest absolute Gasteiger partial charge is 0.312 e. The molecule has 9 nitrogen and oxygen atoms in total. The first-order valence-corrected chi connectivity index (χ1v) is 8.46. The molecule has 0 aliphatic carbocycles. The fraction of sp³-hybridized carbons (Fsp3) is 0.0500. The van der Waals surface area contributed by atoms with Crippen molar-refractivity contribution in [2.24, 2.45) is 4.99 Å². The van der Waals surface area contributed by atoms with Crippen LogP contribution < -0.4 is 4.74 Å². The number of aliphatic imine (C=N–C) groups is 1. The summed E-state index contributed by atoms with van der Waals surface area (Å²) < 4.78 is 10.4. The third-order valence-corrected chi connectivity index (χ3v) is 4.17. The lowest BCUT2D eigenvalue weighted by Crippen LogP contribution is -1.87. The molecule has 2 heterocycles. The summed E-state index contributed by atoms with van der Waals surface area (Å²) in [5, 5.41) is 21.6. The van der Waals surface area contributed by atoms with Crippen LogP contribution in [0.5, 0.6) is 11.7 Å². The second-order valence-corrected chi connectivity index (χ2v) is 6.02. The molecule has 2 aromatic heterocycles. The number of pyridine rings is 1. The average Bonchev–Trinajstić information content (AvgIpc) is 3.12. The fourth-order valence-corrected chi connectivity index (χ4v) is 2.68. The number of aromatic nitrogens is 2. The highest BCUT2D eigenvalue weighted by molar-refractivity contribution is 5.86. The summed E-state index contributed by atoms with van der Waals surface area (Å²) in [7, 11) is 1.59. The summed E-state index contributed by atoms with van der Waals surface area (Å²) in [6, 6.07) is 13.0. The van der Waals surface area contributed by atoms with Crippen molar-refractivity contribution < 1.29 is 19.2 Å². The highest BCUT2D eigenvalue weighted by Crippen LogP contribution is 2.28. The molecule has 4 rings (SSSR count). The van der Waals surface area contributed by atoms with Gasteiger partial charge in [-0.1, -0.05) is 0 Å². The van der Waals surface area contributed by atoms with Crippen LogP contribution in [0.15, 0.2) is 64.1 Å². The quantitative estimate of drug-likeness (QED) is 0.307. The zero-order valence-electron chi connectivity index (χ0n) is 15.1. The summed E-state index contributed by atoms with van der Waals surface area (Å²) in [6.45, 7) is 0. The minimum atomic E-state index is -0.497. The van der Waals surface area contributed by atoms with Gasteiger partial charge in [0.25, 0.3) is 5.69 Å². The van der Waals surface area contributed by atoms with E-state index in [4.69, 9.17) is 9.15 Å². The van der Waals surface area contributed by atoms with Gasteiger partial charge in [-0.05, 0) is 30.3 Å². The molecule has 0 spiro atoms. The normalized spacial score (nSPS) is 11.2. The summed E-state index contributed by atoms with van der Waals surface area (Å²) in [5.74, 6) is 0.440. The first-order chi connectivity index (χ1) is 14.0. The van der Waals surface area contributed by atoms with Crippen LogP contribution in [0.2, 0.25) is 0 Å². The lowest BCUT2D eigenvalue weighted by molar-refractivity contribution is -0.384. The lowest BCUT2D eigenvalue weighted by atomic mass is 10.2. The molecule has 0 saturated carbocycles. The molecule has 0 aliphatic heterocycles. The molecule has 144 valence electrons. The Hall–Kier alpha value is -4.27. The molecule has 4 aromatic rings. The third kappa shape index (κ3) is 3.74. The average molecular weight is 390 g/mol. The summed E-state index contributed by atoms with van der Waals surface area (Å²) in [6.07, 6.45) is 2.95. The van der Waals surface area contributed by atoms with E-state index in [0.29, 0.717) is 17.0 Å². The number of hydrogen-bond acceptors (Lipinski definition) is 8. The first kappa shape index (κ1) is 18.1. The molecule has 0 amide bonds. The number of nitro groups is 1. The van der Waals surface area contributed by atoms with Crippen LogP contribution in [-0.4, -0.2) is 33.3 Å². The van der Waals surface area contributed by atoms with Gasteiger partial charge in [-0.3, -0.25) is 20.1 Å². The van der Waals surface area contributed by atoms with Crippen LogP contribution in [0.3, 0.4) is 0 Å². The fourth-order valence-electron chi connectivity index (χ4n) is 2.68. The maximum Gasteiger partial charge on any atom is 0.312 e. The molecule has 29 heavy (non-hydrogen) atoms. The number of nitro benzene ring substituents is 1. The first-order valence-electron chi connectivity index (χ1n) is 8.46. The highest BCUT2D eigenvalue weighted by atomic mass is 16.6. The van der Waals surface area contributed by atoms with Crippen LogP contribution in [0.1, 0.15) is 5.69 Å². The van der Waals surface area contributed by atoms with E-state index in [1.165, 1.54) is 30.5 Å². The van der Waals surface area contributed by atoms with E-state index in [2.05, 4.69) is 15.0 Å². The molecular formula is C20H14N4O5. The Morgan fingerprint density at radius 3 is 2.72 bits per heavy atom. The molecule has 1 N–H and O–H groups in total. The van der Waals surface area contributed by atoms with Crippen molar-refractivity contribution in [2.45, 2.75) is 0 Å². The van der Waals surface area contributed by atoms with E-state index in [1.54, 1.807) is 13.3 Å². The maximum absolute atomic E-state index is 10.7. The SMILES string of the molecule is COc1ccc2cc(N=Cc3nc(-c4ccc([N+](=O)[O-])cc4)oc3O)cnc2c1. The molecular weight excluding hydrogens is 376 g/mol. The van der Waals surface area contributed by atoms with Gasteiger partial charge in [0.15, 0.2) is 5.69 Å². The van der Waals surface area contributed by atoms with Gasteiger partial charge in [-0.15, -0.1) is 0 Å². The number of aromatic hydroxyl groups is 1. The number of benzene rings is 2. The number of methoxy groups -OCH3 is 1. The maximum atomic E-state index is 10.7. The van der Waals surface area contributed by atoms with Crippen molar-refractivity contribution in [2.75, 3.05) is 7.11 Å². The topological polar surface area (TPSA) is 124 Å². The van der Waals surface area contributed by atoms with Crippen LogP contribution in [0, 0.1) is 10.1 Å². The van der Waals surface area contributed by atoms with E-state index in [1.807, 2.05) is 24.3 Å². The van der Waals surface area contributed by atoms with Crippen molar-refractivity contribution in [3.05, 3.63) is 70.5 Å². The Labute approximate surface area is 164 Å². The summed E-state index contributed by atoms with van der Waals surface area (Å²) in [4.78, 5) is 23.1. The Kier molecular flexibility index (Phi) is 4.62. The van der Waals surface area contributed by atoms with Crippen molar-refractivity contribution in [1.82, 2.24) is 9.97 Å². The Balaban J connectivity index is 1.58. The van der Waals surface area contributed by atoms with Crippen LogP contribution in [0.25, 0.3) is 22.4 Å². The number of nitrogens with zero attached hydrogens (tertiary/aromatic N) is 4. The molecule has 0 atom stereocenters. The zero-order valence-corrected chi connectivity index (χ0v) is 15.1. The van der Waals surface area contributed by atoms with Gasteiger partial charge in [0.1, 0.15) is 5.75 Å². The van der Waals surface area contributed by atoms with Gasteiger partial charge in [0.2, 0.25) is 5.89 Å². The highest BCUT2D eigenvalue weighted by Gasteiger charge is 2.14. The lowest BCUT2D eigenvalue weighted by Gasteiger charge is -2.02. The molecule has 0 aliphatic rings. The van der Waals surface area contributed by atoms with Gasteiger partial charge in [0, 0.05) is 29.1 Å². The van der Waals surface area contributed by atoms with Crippen molar-refractivity contribution in [1.29, 1.82) is 0 Å². The number of non-ortho nitro benzene ring substituents is 1. The third-order valence-electron chi connectivity index (χ3n) is 4.17. The molecule has 0 bridgehead atoms. The molecule has 2 aromatic carbocycles. The minimum absolute atomic E-state index is 0.0484. The van der Waals surface area contributed by atoms with Gasteiger partial charge in [-0.2, -0.15) is 0 Å². The van der Waals surface area contributed by atoms with Gasteiger partial charge in [-0.25, -0.2) is 4.98 Å². The number of hydrogen-bond donors (Lipinski definition) is 1. The van der Waals surface area contributed by atoms with Gasteiger partial charge >= 0.3 is 5.95 Å². The predicted molar refractivity (Wildman–Crippen MR) is 106 cm³/mol. The Morgan fingerprint density at radius 2 is 2.00 bits per heavy atom. The summed E-state index contributed by atoms with van der Waals surface area (Å²) >= 11 is 0. The second kappa shape index (κ2) is 7.39. The molecule has 0 saturated heterocycles. The molecule has 0 unspecified atom stereocenters. The van der Waals surface area contributed by atoms with E-state index in [9.17, 15) is 15.2 Å². The van der Waals surface area contributed by atoms with E-state index in [-0.39, 0.29) is 17.3 Å².